The van der Waals surface area contributed by atoms with Crippen LogP contribution in [0.5, 0.6) is 11.5 Å². The maximum Gasteiger partial charge on any atom is 0.325 e. The van der Waals surface area contributed by atoms with Crippen molar-refractivity contribution in [1.82, 2.24) is 0 Å². The fourth-order valence-corrected chi connectivity index (χ4v) is 1.02. The number of methoxy groups -OCH3 is 1. The van der Waals surface area contributed by atoms with Crippen molar-refractivity contribution < 1.29 is 19.2 Å². The second-order valence-electron chi connectivity index (χ2n) is 2.77. The van der Waals surface area contributed by atoms with Crippen molar-refractivity contribution in [3.05, 3.63) is 28.3 Å². The predicted octanol–water partition coefficient (Wildman–Crippen LogP) is 0.467. The van der Waals surface area contributed by atoms with Gasteiger partial charge in [0.15, 0.2) is 11.5 Å². The Kier molecular flexibility index (Phi) is 3.78. The lowest BCUT2D eigenvalue weighted by molar-refractivity contribution is -0.384. The summed E-state index contributed by atoms with van der Waals surface area (Å²) >= 11 is 0. The molecule has 7 heteroatoms. The van der Waals surface area contributed by atoms with E-state index in [9.17, 15) is 14.9 Å². The molecule has 0 atom stereocenters. The van der Waals surface area contributed by atoms with Gasteiger partial charge in [0, 0.05) is 6.07 Å². The maximum absolute atomic E-state index is 11.0. The number of non-ortho nitro benzene ring substituents is 1. The highest BCUT2D eigenvalue weighted by Gasteiger charge is 2.14. The van der Waals surface area contributed by atoms with E-state index in [4.69, 9.17) is 15.2 Å². The van der Waals surface area contributed by atoms with Gasteiger partial charge in [0.1, 0.15) is 0 Å². The van der Waals surface area contributed by atoms with Gasteiger partial charge in [-0.3, -0.25) is 14.9 Å². The lowest BCUT2D eigenvalue weighted by Gasteiger charge is -2.07. The van der Waals surface area contributed by atoms with Crippen LogP contribution in [0.15, 0.2) is 18.2 Å². The first-order chi connectivity index (χ1) is 7.58. The van der Waals surface area contributed by atoms with E-state index in [0.29, 0.717) is 0 Å². The van der Waals surface area contributed by atoms with Crippen LogP contribution in [0.3, 0.4) is 0 Å². The van der Waals surface area contributed by atoms with Gasteiger partial charge in [0.25, 0.3) is 5.69 Å². The minimum atomic E-state index is -0.696. The number of hydrogen-bond acceptors (Lipinski definition) is 6. The summed E-state index contributed by atoms with van der Waals surface area (Å²) in [7, 11) is 1.36. The van der Waals surface area contributed by atoms with E-state index in [1.165, 1.54) is 19.2 Å². The van der Waals surface area contributed by atoms with Gasteiger partial charge in [0.05, 0.1) is 24.6 Å². The van der Waals surface area contributed by atoms with E-state index in [-0.39, 0.29) is 23.7 Å². The molecule has 1 aromatic carbocycles. The van der Waals surface area contributed by atoms with Gasteiger partial charge in [-0.1, -0.05) is 0 Å². The first-order valence-electron chi connectivity index (χ1n) is 4.31. The van der Waals surface area contributed by atoms with Gasteiger partial charge in [-0.05, 0) is 6.07 Å². The van der Waals surface area contributed by atoms with Crippen molar-refractivity contribution >= 4 is 11.7 Å². The molecule has 86 valence electrons. The highest BCUT2D eigenvalue weighted by Crippen LogP contribution is 2.31. The summed E-state index contributed by atoms with van der Waals surface area (Å²) in [5.41, 5.74) is 4.87. The Morgan fingerprint density at radius 1 is 1.50 bits per heavy atom. The summed E-state index contributed by atoms with van der Waals surface area (Å²) in [6, 6.07) is 3.70. The molecule has 2 N–H and O–H groups in total. The first-order valence-corrected chi connectivity index (χ1v) is 4.31. The Balaban J connectivity index is 3.06. The third-order valence-corrected chi connectivity index (χ3v) is 1.75. The Hall–Kier alpha value is -2.15. The van der Waals surface area contributed by atoms with Crippen LogP contribution in [0.25, 0.3) is 0 Å². The molecule has 0 aliphatic heterocycles. The molecule has 0 fully saturated rings. The lowest BCUT2D eigenvalue weighted by Crippen LogP contribution is -2.19. The van der Waals surface area contributed by atoms with Crippen LogP contribution in [0.1, 0.15) is 0 Å². The number of rotatable bonds is 4. The molecule has 0 heterocycles. The zero-order valence-electron chi connectivity index (χ0n) is 8.50. The van der Waals surface area contributed by atoms with E-state index in [0.717, 1.165) is 6.07 Å². The number of nitro benzene ring substituents is 1. The smallest absolute Gasteiger partial charge is 0.325 e. The van der Waals surface area contributed by atoms with E-state index in [2.05, 4.69) is 0 Å². The standard InChI is InChI=1S/C9H10N2O5/c1-15-7-3-2-6(11(13)14)4-8(7)16-9(12)5-10/h2-4H,5,10H2,1H3. The Morgan fingerprint density at radius 3 is 2.69 bits per heavy atom. The molecule has 0 aliphatic rings. The molecule has 7 nitrogen and oxygen atoms in total. The molecular weight excluding hydrogens is 216 g/mol. The quantitative estimate of drug-likeness (QED) is 0.346. The summed E-state index contributed by atoms with van der Waals surface area (Å²) in [6.07, 6.45) is 0. The molecular formula is C9H10N2O5. The van der Waals surface area contributed by atoms with Gasteiger partial charge in [-0.15, -0.1) is 0 Å². The summed E-state index contributed by atoms with van der Waals surface area (Å²) in [4.78, 5) is 20.9. The third-order valence-electron chi connectivity index (χ3n) is 1.75. The molecule has 0 spiro atoms. The van der Waals surface area contributed by atoms with Crippen LogP contribution in [0, 0.1) is 10.1 Å². The number of ether oxygens (including phenoxy) is 2. The van der Waals surface area contributed by atoms with Crippen molar-refractivity contribution in [2.45, 2.75) is 0 Å². The zero-order valence-corrected chi connectivity index (χ0v) is 8.50. The molecule has 0 saturated carbocycles. The van der Waals surface area contributed by atoms with Gasteiger partial charge in [0.2, 0.25) is 0 Å². The second kappa shape index (κ2) is 5.08. The SMILES string of the molecule is COc1ccc([N+](=O)[O-])cc1OC(=O)CN. The average Bonchev–Trinajstić information content (AvgIpc) is 2.28. The van der Waals surface area contributed by atoms with Crippen molar-refractivity contribution in [3.8, 4) is 11.5 Å². The number of esters is 1. The number of nitrogens with two attached hydrogens (primary N) is 1. The number of nitro groups is 1. The van der Waals surface area contributed by atoms with Gasteiger partial charge in [-0.2, -0.15) is 0 Å². The van der Waals surface area contributed by atoms with Crippen molar-refractivity contribution in [3.63, 3.8) is 0 Å². The molecule has 0 bridgehead atoms. The van der Waals surface area contributed by atoms with Gasteiger partial charge in [-0.25, -0.2) is 0 Å². The first kappa shape index (κ1) is 11.9. The molecule has 0 amide bonds. The summed E-state index contributed by atoms with van der Waals surface area (Å²) in [5, 5.41) is 10.5. The molecule has 16 heavy (non-hydrogen) atoms. The monoisotopic (exact) mass is 226 g/mol. The van der Waals surface area contributed by atoms with Crippen LogP contribution >= 0.6 is 0 Å². The highest BCUT2D eigenvalue weighted by atomic mass is 16.6. The van der Waals surface area contributed by atoms with Gasteiger partial charge < -0.3 is 15.2 Å². The zero-order chi connectivity index (χ0) is 12.1. The fourth-order valence-electron chi connectivity index (χ4n) is 1.02. The average molecular weight is 226 g/mol. The molecule has 0 radical (unpaired) electrons. The van der Waals surface area contributed by atoms with E-state index < -0.39 is 10.9 Å². The minimum Gasteiger partial charge on any atom is -0.493 e. The lowest BCUT2D eigenvalue weighted by atomic mass is 10.3. The van der Waals surface area contributed by atoms with E-state index >= 15 is 0 Å². The fraction of sp³-hybridized carbons (Fsp3) is 0.222. The normalized spacial score (nSPS) is 9.62. The Labute approximate surface area is 90.9 Å². The van der Waals surface area contributed by atoms with Crippen LogP contribution in [-0.2, 0) is 4.79 Å². The number of nitrogens with zero attached hydrogens (tertiary/aromatic N) is 1. The van der Waals surface area contributed by atoms with Crippen LogP contribution in [0.4, 0.5) is 5.69 Å². The molecule has 0 aromatic heterocycles. The van der Waals surface area contributed by atoms with Crippen molar-refractivity contribution in [1.29, 1.82) is 0 Å². The number of carbonyl (C=O) groups excluding carboxylic acids is 1. The summed E-state index contributed by atoms with van der Waals surface area (Å²) in [5.74, 6) is -0.488. The Bertz CT molecular complexity index is 418. The number of hydrogen-bond donors (Lipinski definition) is 1. The molecule has 0 saturated heterocycles. The number of carbonyl (C=O) groups is 1. The molecule has 1 aromatic rings. The van der Waals surface area contributed by atoms with E-state index in [1.807, 2.05) is 0 Å². The molecule has 1 rings (SSSR count). The maximum atomic E-state index is 11.0. The molecule has 0 unspecified atom stereocenters. The predicted molar refractivity (Wildman–Crippen MR) is 54.3 cm³/mol. The largest absolute Gasteiger partial charge is 0.493 e. The van der Waals surface area contributed by atoms with Crippen molar-refractivity contribution in [2.24, 2.45) is 5.73 Å². The van der Waals surface area contributed by atoms with Crippen LogP contribution < -0.4 is 15.2 Å². The van der Waals surface area contributed by atoms with Crippen LogP contribution in [-0.4, -0.2) is 24.5 Å². The summed E-state index contributed by atoms with van der Waals surface area (Å²) in [6.45, 7) is -0.314. The third kappa shape index (κ3) is 2.67. The van der Waals surface area contributed by atoms with Crippen molar-refractivity contribution in [2.75, 3.05) is 13.7 Å². The second-order valence-corrected chi connectivity index (χ2v) is 2.77. The number of benzene rings is 1. The topological polar surface area (TPSA) is 105 Å². The summed E-state index contributed by atoms with van der Waals surface area (Å²) < 4.78 is 9.67. The minimum absolute atomic E-state index is 0.0212. The molecule has 0 aliphatic carbocycles. The van der Waals surface area contributed by atoms with Gasteiger partial charge >= 0.3 is 5.97 Å². The van der Waals surface area contributed by atoms with Crippen LogP contribution in [0.2, 0.25) is 0 Å². The Morgan fingerprint density at radius 2 is 2.19 bits per heavy atom. The van der Waals surface area contributed by atoms with E-state index in [1.54, 1.807) is 0 Å². The highest BCUT2D eigenvalue weighted by molar-refractivity contribution is 5.75.